The summed E-state index contributed by atoms with van der Waals surface area (Å²) in [6.45, 7) is 0. The van der Waals surface area contributed by atoms with Crippen LogP contribution in [0, 0.1) is 0 Å². The monoisotopic (exact) mass is 402 g/mol. The Morgan fingerprint density at radius 3 is 1.42 bits per heavy atom. The summed E-state index contributed by atoms with van der Waals surface area (Å²) in [6, 6.07) is 31.9. The van der Waals surface area contributed by atoms with Crippen LogP contribution in [0.2, 0.25) is 0 Å². The second-order valence-corrected chi connectivity index (χ2v) is 7.93. The fraction of sp³-hybridized carbons (Fsp3) is 0.0370. The predicted octanol–water partition coefficient (Wildman–Crippen LogP) is 5.29. The minimum absolute atomic E-state index is 0.796. The molecule has 7 rings (SSSR count). The van der Waals surface area contributed by atoms with Gasteiger partial charge in [-0.3, -0.25) is 0 Å². The lowest BCUT2D eigenvalue weighted by Crippen LogP contribution is -2.61. The van der Waals surface area contributed by atoms with Gasteiger partial charge in [0, 0.05) is 24.3 Å². The predicted molar refractivity (Wildman–Crippen MR) is 119 cm³/mol. The first-order valence-electron chi connectivity index (χ1n) is 10.4. The van der Waals surface area contributed by atoms with Crippen LogP contribution in [0.4, 0.5) is 11.4 Å². The fourth-order valence-electron chi connectivity index (χ4n) is 4.53. The molecule has 4 aromatic carbocycles. The van der Waals surface area contributed by atoms with E-state index in [4.69, 9.17) is 9.47 Å². The highest BCUT2D eigenvalue weighted by molar-refractivity contribution is 5.87. The zero-order valence-electron chi connectivity index (χ0n) is 16.6. The molecule has 1 spiro atoms. The first-order valence-corrected chi connectivity index (χ1v) is 10.4. The van der Waals surface area contributed by atoms with Crippen LogP contribution < -0.4 is 9.47 Å². The van der Waals surface area contributed by atoms with Crippen molar-refractivity contribution in [3.05, 3.63) is 108 Å². The number of ether oxygens (including phenoxy) is 2. The SMILES string of the molecule is C1=[N+](c2ccccc2)C23Oc4cc(ccc41)-c1ccc(c(c1)O2)C=[N+]3c1ccccc1. The summed E-state index contributed by atoms with van der Waals surface area (Å²) in [4.78, 5) is 0. The average Bonchev–Trinajstić information content (AvgIpc) is 2.83. The summed E-state index contributed by atoms with van der Waals surface area (Å²) < 4.78 is 17.7. The van der Waals surface area contributed by atoms with Gasteiger partial charge in [0.05, 0.1) is 11.1 Å². The van der Waals surface area contributed by atoms with Crippen LogP contribution in [-0.2, 0) is 0 Å². The number of hydrogen-bond acceptors (Lipinski definition) is 2. The van der Waals surface area contributed by atoms with E-state index in [9.17, 15) is 0 Å². The lowest BCUT2D eigenvalue weighted by atomic mass is 10.0. The molecule has 5 bridgehead atoms. The molecule has 3 heterocycles. The van der Waals surface area contributed by atoms with Gasteiger partial charge >= 0.3 is 6.03 Å². The van der Waals surface area contributed by atoms with E-state index in [1.54, 1.807) is 0 Å². The molecular weight excluding hydrogens is 384 g/mol. The molecule has 31 heavy (non-hydrogen) atoms. The van der Waals surface area contributed by atoms with E-state index in [2.05, 4.69) is 82.2 Å². The Morgan fingerprint density at radius 1 is 0.516 bits per heavy atom. The Labute approximate surface area is 179 Å². The van der Waals surface area contributed by atoms with E-state index in [1.807, 2.05) is 36.4 Å². The van der Waals surface area contributed by atoms with Gasteiger partial charge in [-0.15, -0.1) is 0 Å². The highest BCUT2D eigenvalue weighted by Gasteiger charge is 2.66. The van der Waals surface area contributed by atoms with E-state index in [0.29, 0.717) is 0 Å². The molecule has 0 saturated heterocycles. The number of benzene rings is 4. The third kappa shape index (κ3) is 2.30. The normalized spacial score (nSPS) is 16.3. The van der Waals surface area contributed by atoms with Crippen molar-refractivity contribution in [3.63, 3.8) is 0 Å². The molecule has 146 valence electrons. The molecule has 0 aromatic heterocycles. The third-order valence-electron chi connectivity index (χ3n) is 6.06. The maximum Gasteiger partial charge on any atom is 0.714 e. The van der Waals surface area contributed by atoms with Crippen LogP contribution in [0.1, 0.15) is 11.1 Å². The van der Waals surface area contributed by atoms with E-state index < -0.39 is 6.03 Å². The molecule has 4 aromatic rings. The van der Waals surface area contributed by atoms with Gasteiger partial charge in [-0.1, -0.05) is 57.7 Å². The summed E-state index contributed by atoms with van der Waals surface area (Å²) in [5, 5.41) is 0. The molecule has 3 aliphatic heterocycles. The van der Waals surface area contributed by atoms with Gasteiger partial charge in [0.15, 0.2) is 23.9 Å². The van der Waals surface area contributed by atoms with Crippen molar-refractivity contribution >= 4 is 23.8 Å². The average molecular weight is 402 g/mol. The number of hydrogen-bond donors (Lipinski definition) is 0. The van der Waals surface area contributed by atoms with Gasteiger partial charge in [0.2, 0.25) is 11.4 Å². The molecule has 4 nitrogen and oxygen atoms in total. The zero-order valence-corrected chi connectivity index (χ0v) is 16.6. The minimum atomic E-state index is -1.23. The summed E-state index contributed by atoms with van der Waals surface area (Å²) >= 11 is 0. The molecule has 0 radical (unpaired) electrons. The molecule has 0 N–H and O–H groups in total. The topological polar surface area (TPSA) is 24.5 Å². The second kappa shape index (κ2) is 5.92. The van der Waals surface area contributed by atoms with Crippen molar-refractivity contribution in [2.45, 2.75) is 6.03 Å². The van der Waals surface area contributed by atoms with Gasteiger partial charge in [-0.2, -0.15) is 0 Å². The largest absolute Gasteiger partial charge is 0.714 e. The van der Waals surface area contributed by atoms with Gasteiger partial charge in [0.1, 0.15) is 0 Å². The fourth-order valence-corrected chi connectivity index (χ4v) is 4.53. The summed E-state index contributed by atoms with van der Waals surface area (Å²) in [6.07, 6.45) is 4.22. The molecule has 0 saturated carbocycles. The van der Waals surface area contributed by atoms with Gasteiger partial charge in [0.25, 0.3) is 0 Å². The zero-order chi connectivity index (χ0) is 20.4. The number of fused-ring (bicyclic) bond motifs is 3. The van der Waals surface area contributed by atoms with Crippen LogP contribution >= 0.6 is 0 Å². The molecule has 0 fully saturated rings. The van der Waals surface area contributed by atoms with Crippen molar-refractivity contribution < 1.29 is 18.6 Å². The van der Waals surface area contributed by atoms with Crippen molar-refractivity contribution in [1.29, 1.82) is 0 Å². The Hall–Kier alpha value is -4.18. The standard InChI is InChI=1S/C27H18N2O2/c1-3-7-23(8-4-1)28-17-21-13-11-19-15-25(21)30-27(28)29(24-9-5-2-6-10-24)18-22-14-12-20(19)16-26(22)31-27/h1-18H/q+2. The molecule has 4 heteroatoms. The summed E-state index contributed by atoms with van der Waals surface area (Å²) in [5.74, 6) is 1.59. The molecule has 0 atom stereocenters. The molecule has 3 aliphatic rings. The van der Waals surface area contributed by atoms with E-state index in [-0.39, 0.29) is 0 Å². The molecule has 0 amide bonds. The molecular formula is C27H18N2O2+2. The summed E-state index contributed by atoms with van der Waals surface area (Å²) in [7, 11) is 0. The van der Waals surface area contributed by atoms with Crippen molar-refractivity contribution in [1.82, 2.24) is 0 Å². The molecule has 0 aliphatic carbocycles. The molecule has 0 unspecified atom stereocenters. The minimum Gasteiger partial charge on any atom is -0.340 e. The number of rotatable bonds is 2. The van der Waals surface area contributed by atoms with Gasteiger partial charge in [-0.25, -0.2) is 0 Å². The third-order valence-corrected chi connectivity index (χ3v) is 6.06. The van der Waals surface area contributed by atoms with E-state index >= 15 is 0 Å². The van der Waals surface area contributed by atoms with Crippen LogP contribution in [-0.4, -0.2) is 27.6 Å². The Balaban J connectivity index is 1.62. The smallest absolute Gasteiger partial charge is 0.340 e. The van der Waals surface area contributed by atoms with Crippen LogP contribution in [0.5, 0.6) is 11.5 Å². The van der Waals surface area contributed by atoms with Crippen LogP contribution in [0.25, 0.3) is 11.1 Å². The number of para-hydroxylation sites is 2. The maximum absolute atomic E-state index is 6.78. The van der Waals surface area contributed by atoms with Crippen molar-refractivity contribution in [2.75, 3.05) is 0 Å². The quantitative estimate of drug-likeness (QED) is 0.426. The lowest BCUT2D eigenvalue weighted by Gasteiger charge is -2.30. The number of nitrogens with zero attached hydrogens (tertiary/aromatic N) is 2. The van der Waals surface area contributed by atoms with Crippen LogP contribution in [0.3, 0.4) is 0 Å². The van der Waals surface area contributed by atoms with E-state index in [0.717, 1.165) is 45.1 Å². The Morgan fingerprint density at radius 2 is 0.968 bits per heavy atom. The second-order valence-electron chi connectivity index (χ2n) is 7.93. The van der Waals surface area contributed by atoms with Crippen molar-refractivity contribution in [3.8, 4) is 22.6 Å². The lowest BCUT2D eigenvalue weighted by molar-refractivity contribution is -0.855. The highest BCUT2D eigenvalue weighted by atomic mass is 16.7. The van der Waals surface area contributed by atoms with Crippen LogP contribution in [0.15, 0.2) is 97.1 Å². The first-order chi connectivity index (χ1) is 15.3. The van der Waals surface area contributed by atoms with Gasteiger partial charge < -0.3 is 9.47 Å². The summed E-state index contributed by atoms with van der Waals surface area (Å²) in [5.41, 5.74) is 6.20. The maximum atomic E-state index is 6.78. The Kier molecular flexibility index (Phi) is 3.17. The Bertz CT molecular complexity index is 1310. The van der Waals surface area contributed by atoms with Gasteiger partial charge in [-0.05, 0) is 35.4 Å². The highest BCUT2D eigenvalue weighted by Crippen LogP contribution is 2.43. The first kappa shape index (κ1) is 16.6. The van der Waals surface area contributed by atoms with Crippen molar-refractivity contribution in [2.24, 2.45) is 0 Å². The van der Waals surface area contributed by atoms with E-state index in [1.165, 1.54) is 0 Å².